The molecule has 0 aliphatic heterocycles. The molecule has 0 aliphatic rings. The van der Waals surface area contributed by atoms with Gasteiger partial charge < -0.3 is 9.84 Å². The summed E-state index contributed by atoms with van der Waals surface area (Å²) in [7, 11) is -4.51. The second kappa shape index (κ2) is 6.56. The Kier molecular flexibility index (Phi) is 4.88. The van der Waals surface area contributed by atoms with E-state index in [1.54, 1.807) is 0 Å². The summed E-state index contributed by atoms with van der Waals surface area (Å²) in [6, 6.07) is 4.18. The summed E-state index contributed by atoms with van der Waals surface area (Å²) in [5, 5.41) is 9.47. The topological polar surface area (TPSA) is 75.6 Å². The summed E-state index contributed by atoms with van der Waals surface area (Å²) in [5.74, 6) is -4.03. The number of ether oxygens (including phenoxy) is 1. The van der Waals surface area contributed by atoms with E-state index in [1.807, 2.05) is 4.72 Å². The van der Waals surface area contributed by atoms with Crippen LogP contribution in [0.3, 0.4) is 0 Å². The number of aromatic hydroxyl groups is 1. The molecule has 2 aromatic carbocycles. The number of sulfonamides is 1. The molecule has 5 nitrogen and oxygen atoms in total. The third-order valence-corrected chi connectivity index (χ3v) is 4.32. The molecule has 130 valence electrons. The number of hydrogen-bond acceptors (Lipinski definition) is 4. The molecule has 0 amide bonds. The average Bonchev–Trinajstić information content (AvgIpc) is 2.45. The number of rotatable bonds is 5. The van der Waals surface area contributed by atoms with Gasteiger partial charge in [-0.25, -0.2) is 17.2 Å². The first-order valence-corrected chi connectivity index (χ1v) is 7.85. The van der Waals surface area contributed by atoms with E-state index in [9.17, 15) is 31.1 Å². The lowest BCUT2D eigenvalue weighted by molar-refractivity contribution is -0.0502. The molecule has 0 fully saturated rings. The zero-order valence-electron chi connectivity index (χ0n) is 12.1. The zero-order valence-corrected chi connectivity index (χ0v) is 12.9. The number of hydrogen-bond donors (Lipinski definition) is 2. The SMILES string of the molecule is Cc1cc(NS(=O)(=O)c2cc(F)cc(F)c2O)ccc1OC(F)F. The minimum atomic E-state index is -4.51. The third kappa shape index (κ3) is 3.88. The molecule has 0 saturated heterocycles. The van der Waals surface area contributed by atoms with Gasteiger partial charge in [0.2, 0.25) is 0 Å². The van der Waals surface area contributed by atoms with Crippen molar-refractivity contribution in [2.75, 3.05) is 4.72 Å². The number of alkyl halides is 2. The standard InChI is InChI=1S/C14H11F4NO4S/c1-7-4-9(2-3-11(7)23-14(17)18)19-24(21,22)12-6-8(15)5-10(16)13(12)20/h2-6,14,19-20H,1H3. The predicted molar refractivity (Wildman–Crippen MR) is 76.6 cm³/mol. The van der Waals surface area contributed by atoms with Crippen molar-refractivity contribution in [2.24, 2.45) is 0 Å². The molecule has 0 aliphatic carbocycles. The number of aryl methyl sites for hydroxylation is 1. The summed E-state index contributed by atoms with van der Waals surface area (Å²) < 4.78 is 81.3. The highest BCUT2D eigenvalue weighted by Gasteiger charge is 2.23. The van der Waals surface area contributed by atoms with Crippen LogP contribution in [0.2, 0.25) is 0 Å². The summed E-state index contributed by atoms with van der Waals surface area (Å²) in [6.07, 6.45) is 0. The fourth-order valence-electron chi connectivity index (χ4n) is 1.90. The lowest BCUT2D eigenvalue weighted by Crippen LogP contribution is -2.14. The number of phenolic OH excluding ortho intramolecular Hbond substituents is 1. The van der Waals surface area contributed by atoms with Crippen molar-refractivity contribution >= 4 is 15.7 Å². The zero-order chi connectivity index (χ0) is 18.1. The van der Waals surface area contributed by atoms with Crippen LogP contribution in [0.15, 0.2) is 35.2 Å². The van der Waals surface area contributed by atoms with E-state index in [1.165, 1.54) is 13.0 Å². The maximum absolute atomic E-state index is 13.3. The fraction of sp³-hybridized carbons (Fsp3) is 0.143. The van der Waals surface area contributed by atoms with Gasteiger partial charge in [-0.2, -0.15) is 8.78 Å². The van der Waals surface area contributed by atoms with Crippen molar-refractivity contribution < 1.29 is 35.8 Å². The summed E-state index contributed by atoms with van der Waals surface area (Å²) >= 11 is 0. The second-order valence-corrected chi connectivity index (χ2v) is 6.35. The van der Waals surface area contributed by atoms with Gasteiger partial charge in [0, 0.05) is 11.8 Å². The van der Waals surface area contributed by atoms with Gasteiger partial charge in [0.25, 0.3) is 10.0 Å². The van der Waals surface area contributed by atoms with Crippen molar-refractivity contribution in [3.05, 3.63) is 47.5 Å². The molecule has 0 bridgehead atoms. The van der Waals surface area contributed by atoms with Gasteiger partial charge in [-0.3, -0.25) is 4.72 Å². The van der Waals surface area contributed by atoms with Crippen molar-refractivity contribution in [3.8, 4) is 11.5 Å². The van der Waals surface area contributed by atoms with E-state index in [0.717, 1.165) is 12.1 Å². The van der Waals surface area contributed by atoms with Gasteiger partial charge >= 0.3 is 6.61 Å². The normalized spacial score (nSPS) is 11.6. The molecule has 0 atom stereocenters. The third-order valence-electron chi connectivity index (χ3n) is 2.93. The van der Waals surface area contributed by atoms with E-state index in [-0.39, 0.29) is 17.0 Å². The second-order valence-electron chi connectivity index (χ2n) is 4.70. The maximum Gasteiger partial charge on any atom is 0.387 e. The average molecular weight is 365 g/mol. The number of anilines is 1. The van der Waals surface area contributed by atoms with Gasteiger partial charge in [-0.1, -0.05) is 0 Å². The van der Waals surface area contributed by atoms with E-state index >= 15 is 0 Å². The van der Waals surface area contributed by atoms with Crippen LogP contribution in [0.25, 0.3) is 0 Å². The van der Waals surface area contributed by atoms with E-state index in [0.29, 0.717) is 12.1 Å². The fourth-order valence-corrected chi connectivity index (χ4v) is 3.07. The van der Waals surface area contributed by atoms with E-state index < -0.39 is 38.9 Å². The Labute approximate surface area is 134 Å². The molecule has 0 radical (unpaired) electrons. The van der Waals surface area contributed by atoms with Crippen LogP contribution in [-0.4, -0.2) is 20.1 Å². The predicted octanol–water partition coefficient (Wildman–Crippen LogP) is 3.38. The molecule has 10 heteroatoms. The minimum absolute atomic E-state index is 0.0711. The number of nitrogens with one attached hydrogen (secondary N) is 1. The summed E-state index contributed by atoms with van der Waals surface area (Å²) in [4.78, 5) is -0.995. The molecule has 0 heterocycles. The first kappa shape index (κ1) is 17.9. The van der Waals surface area contributed by atoms with Crippen LogP contribution in [0.1, 0.15) is 5.56 Å². The van der Waals surface area contributed by atoms with Crippen LogP contribution in [-0.2, 0) is 10.0 Å². The Hall–Kier alpha value is -2.49. The van der Waals surface area contributed by atoms with Crippen molar-refractivity contribution in [3.63, 3.8) is 0 Å². The van der Waals surface area contributed by atoms with Gasteiger partial charge in [0.1, 0.15) is 16.5 Å². The Morgan fingerprint density at radius 3 is 2.42 bits per heavy atom. The van der Waals surface area contributed by atoms with Crippen LogP contribution >= 0.6 is 0 Å². The molecule has 0 spiro atoms. The van der Waals surface area contributed by atoms with Crippen LogP contribution in [0, 0.1) is 18.6 Å². The van der Waals surface area contributed by atoms with E-state index in [2.05, 4.69) is 4.74 Å². The van der Waals surface area contributed by atoms with Gasteiger partial charge in [0.15, 0.2) is 11.6 Å². The molecular weight excluding hydrogens is 354 g/mol. The monoisotopic (exact) mass is 365 g/mol. The lowest BCUT2D eigenvalue weighted by Gasteiger charge is -2.12. The molecular formula is C14H11F4NO4S. The van der Waals surface area contributed by atoms with Crippen LogP contribution in [0.5, 0.6) is 11.5 Å². The first-order valence-electron chi connectivity index (χ1n) is 6.36. The van der Waals surface area contributed by atoms with Crippen LogP contribution in [0.4, 0.5) is 23.2 Å². The molecule has 2 rings (SSSR count). The lowest BCUT2D eigenvalue weighted by atomic mass is 10.2. The van der Waals surface area contributed by atoms with Gasteiger partial charge in [-0.15, -0.1) is 0 Å². The minimum Gasteiger partial charge on any atom is -0.504 e. The number of phenols is 1. The molecule has 2 aromatic rings. The summed E-state index contributed by atoms with van der Waals surface area (Å²) in [6.45, 7) is -1.65. The number of halogens is 4. The Morgan fingerprint density at radius 1 is 1.17 bits per heavy atom. The maximum atomic E-state index is 13.3. The van der Waals surface area contributed by atoms with Crippen molar-refractivity contribution in [1.29, 1.82) is 0 Å². The highest BCUT2D eigenvalue weighted by atomic mass is 32.2. The van der Waals surface area contributed by atoms with Gasteiger partial charge in [0.05, 0.1) is 0 Å². The Morgan fingerprint density at radius 2 is 1.83 bits per heavy atom. The molecule has 24 heavy (non-hydrogen) atoms. The van der Waals surface area contributed by atoms with Gasteiger partial charge in [-0.05, 0) is 36.8 Å². The molecule has 0 saturated carbocycles. The van der Waals surface area contributed by atoms with Crippen molar-refractivity contribution in [1.82, 2.24) is 0 Å². The largest absolute Gasteiger partial charge is 0.504 e. The van der Waals surface area contributed by atoms with Crippen LogP contribution < -0.4 is 9.46 Å². The highest BCUT2D eigenvalue weighted by Crippen LogP contribution is 2.30. The number of benzene rings is 2. The highest BCUT2D eigenvalue weighted by molar-refractivity contribution is 7.92. The summed E-state index contributed by atoms with van der Waals surface area (Å²) in [5.41, 5.74) is 0.128. The molecule has 0 unspecified atom stereocenters. The molecule has 2 N–H and O–H groups in total. The Balaban J connectivity index is 2.35. The quantitative estimate of drug-likeness (QED) is 0.797. The smallest absolute Gasteiger partial charge is 0.387 e. The first-order chi connectivity index (χ1) is 11.1. The van der Waals surface area contributed by atoms with Crippen molar-refractivity contribution in [2.45, 2.75) is 18.4 Å². The Bertz CT molecular complexity index is 871. The van der Waals surface area contributed by atoms with E-state index in [4.69, 9.17) is 0 Å². The molecule has 0 aromatic heterocycles.